The molecule has 0 atom stereocenters. The van der Waals surface area contributed by atoms with E-state index in [0.717, 1.165) is 5.56 Å². The van der Waals surface area contributed by atoms with Gasteiger partial charge in [-0.15, -0.1) is 0 Å². The first kappa shape index (κ1) is 16.0. The molecule has 5 nitrogen and oxygen atoms in total. The lowest BCUT2D eigenvalue weighted by Gasteiger charge is -2.03. The first-order valence-corrected chi connectivity index (χ1v) is 7.94. The first-order valence-electron chi connectivity index (χ1n) is 5.78. The van der Waals surface area contributed by atoms with E-state index < -0.39 is 5.91 Å². The van der Waals surface area contributed by atoms with E-state index in [0.29, 0.717) is 7.14 Å². The molecule has 0 saturated heterocycles. The number of para-hydroxylation sites is 1. The van der Waals surface area contributed by atoms with Crippen LogP contribution in [0.25, 0.3) is 0 Å². The molecule has 21 heavy (non-hydrogen) atoms. The lowest BCUT2D eigenvalue weighted by molar-refractivity contribution is 0.0952. The van der Waals surface area contributed by atoms with Crippen molar-refractivity contribution in [3.63, 3.8) is 0 Å². The normalized spacial score (nSPS) is 10.8. The molecule has 0 aliphatic heterocycles. The number of amides is 1. The van der Waals surface area contributed by atoms with Crippen molar-refractivity contribution in [2.24, 2.45) is 5.10 Å². The molecule has 0 aromatic heterocycles. The van der Waals surface area contributed by atoms with Gasteiger partial charge in [0.15, 0.2) is 0 Å². The Morgan fingerprint density at radius 2 is 1.76 bits per heavy atom. The summed E-state index contributed by atoms with van der Waals surface area (Å²) in [5.74, 6) is -0.363. The standard InChI is InChI=1S/C14H10I2N2O3/c15-10-5-8(6-11(16)13(10)20)7-17-18-14(21)9-3-1-2-4-12(9)19/h1-7,19-20H,(H,18,21). The molecule has 0 aliphatic rings. The van der Waals surface area contributed by atoms with Crippen LogP contribution in [0.15, 0.2) is 41.5 Å². The van der Waals surface area contributed by atoms with E-state index in [1.54, 1.807) is 24.3 Å². The highest BCUT2D eigenvalue weighted by Gasteiger charge is 2.09. The number of hydrogen-bond donors (Lipinski definition) is 3. The lowest BCUT2D eigenvalue weighted by Crippen LogP contribution is -2.17. The van der Waals surface area contributed by atoms with Crippen LogP contribution in [0.5, 0.6) is 11.5 Å². The Labute approximate surface area is 148 Å². The van der Waals surface area contributed by atoms with Crippen molar-refractivity contribution in [3.8, 4) is 11.5 Å². The molecule has 0 unspecified atom stereocenters. The summed E-state index contributed by atoms with van der Waals surface area (Å²) in [4.78, 5) is 11.8. The third-order valence-electron chi connectivity index (χ3n) is 2.57. The maximum atomic E-state index is 11.8. The Morgan fingerprint density at radius 1 is 1.14 bits per heavy atom. The van der Waals surface area contributed by atoms with Gasteiger partial charge in [-0.3, -0.25) is 4.79 Å². The molecular weight excluding hydrogens is 498 g/mol. The minimum absolute atomic E-state index is 0.0982. The number of nitrogens with one attached hydrogen (secondary N) is 1. The van der Waals surface area contributed by atoms with Crippen LogP contribution < -0.4 is 5.43 Å². The molecule has 1 amide bonds. The zero-order chi connectivity index (χ0) is 15.4. The predicted molar refractivity (Wildman–Crippen MR) is 96.7 cm³/mol. The Kier molecular flexibility index (Phi) is 5.39. The average Bonchev–Trinajstić information content (AvgIpc) is 2.45. The summed E-state index contributed by atoms with van der Waals surface area (Å²) in [7, 11) is 0. The summed E-state index contributed by atoms with van der Waals surface area (Å²) in [5.41, 5.74) is 3.25. The largest absolute Gasteiger partial charge is 0.507 e. The van der Waals surface area contributed by atoms with Gasteiger partial charge in [0.1, 0.15) is 11.5 Å². The van der Waals surface area contributed by atoms with Crippen LogP contribution in [-0.2, 0) is 0 Å². The van der Waals surface area contributed by atoms with Crippen LogP contribution >= 0.6 is 45.2 Å². The average molecular weight is 508 g/mol. The first-order chi connectivity index (χ1) is 9.99. The zero-order valence-corrected chi connectivity index (χ0v) is 14.9. The minimum Gasteiger partial charge on any atom is -0.507 e. The van der Waals surface area contributed by atoms with Gasteiger partial charge < -0.3 is 10.2 Å². The summed E-state index contributed by atoms with van der Waals surface area (Å²) in [5, 5.41) is 23.1. The highest BCUT2D eigenvalue weighted by atomic mass is 127. The van der Waals surface area contributed by atoms with Crippen LogP contribution in [0.2, 0.25) is 0 Å². The molecule has 0 bridgehead atoms. The highest BCUT2D eigenvalue weighted by Crippen LogP contribution is 2.26. The van der Waals surface area contributed by atoms with Gasteiger partial charge in [-0.1, -0.05) is 12.1 Å². The van der Waals surface area contributed by atoms with Gasteiger partial charge >= 0.3 is 0 Å². The summed E-state index contributed by atoms with van der Waals surface area (Å²) >= 11 is 4.04. The van der Waals surface area contributed by atoms with E-state index in [-0.39, 0.29) is 17.1 Å². The molecule has 2 aromatic carbocycles. The van der Waals surface area contributed by atoms with Crippen LogP contribution in [-0.4, -0.2) is 22.3 Å². The molecule has 2 rings (SSSR count). The van der Waals surface area contributed by atoms with E-state index in [2.05, 4.69) is 10.5 Å². The fourth-order valence-electron chi connectivity index (χ4n) is 1.55. The SMILES string of the molecule is O=C(NN=Cc1cc(I)c(O)c(I)c1)c1ccccc1O. The van der Waals surface area contributed by atoms with Gasteiger partial charge in [0, 0.05) is 0 Å². The summed E-state index contributed by atoms with van der Waals surface area (Å²) in [6, 6.07) is 9.72. The van der Waals surface area contributed by atoms with Crippen molar-refractivity contribution in [1.29, 1.82) is 0 Å². The van der Waals surface area contributed by atoms with Gasteiger partial charge in [0.25, 0.3) is 5.91 Å². The number of benzene rings is 2. The number of aromatic hydroxyl groups is 2. The van der Waals surface area contributed by atoms with E-state index in [1.165, 1.54) is 18.3 Å². The van der Waals surface area contributed by atoms with E-state index in [4.69, 9.17) is 0 Å². The second kappa shape index (κ2) is 7.07. The molecule has 7 heteroatoms. The minimum atomic E-state index is -0.493. The van der Waals surface area contributed by atoms with Crippen LogP contribution in [0.1, 0.15) is 15.9 Å². The molecule has 0 radical (unpaired) electrons. The van der Waals surface area contributed by atoms with Crippen molar-refractivity contribution in [1.82, 2.24) is 5.43 Å². The molecule has 2 aromatic rings. The van der Waals surface area contributed by atoms with Crippen LogP contribution in [0.4, 0.5) is 0 Å². The van der Waals surface area contributed by atoms with Crippen molar-refractivity contribution in [2.75, 3.05) is 0 Å². The monoisotopic (exact) mass is 508 g/mol. The summed E-state index contributed by atoms with van der Waals surface area (Å²) in [6.07, 6.45) is 1.47. The van der Waals surface area contributed by atoms with Crippen molar-refractivity contribution >= 4 is 57.3 Å². The Bertz CT molecular complexity index is 694. The maximum Gasteiger partial charge on any atom is 0.275 e. The molecule has 3 N–H and O–H groups in total. The van der Waals surface area contributed by atoms with Gasteiger partial charge in [0.2, 0.25) is 0 Å². The lowest BCUT2D eigenvalue weighted by atomic mass is 10.2. The molecule has 0 saturated carbocycles. The number of hydrazone groups is 1. The molecule has 0 spiro atoms. The summed E-state index contributed by atoms with van der Waals surface area (Å²) < 4.78 is 1.40. The third-order valence-corrected chi connectivity index (χ3v) is 4.21. The van der Waals surface area contributed by atoms with Crippen molar-refractivity contribution in [2.45, 2.75) is 0 Å². The molecular formula is C14H10I2N2O3. The number of carbonyl (C=O) groups is 1. The smallest absolute Gasteiger partial charge is 0.275 e. The molecule has 0 aliphatic carbocycles. The Hall–Kier alpha value is -1.36. The quantitative estimate of drug-likeness (QED) is 0.339. The van der Waals surface area contributed by atoms with E-state index in [9.17, 15) is 15.0 Å². The fourth-order valence-corrected chi connectivity index (χ4v) is 3.37. The van der Waals surface area contributed by atoms with Crippen LogP contribution in [0.3, 0.4) is 0 Å². The summed E-state index contributed by atoms with van der Waals surface area (Å²) in [6.45, 7) is 0. The number of hydrogen-bond acceptors (Lipinski definition) is 4. The van der Waals surface area contributed by atoms with Crippen molar-refractivity contribution < 1.29 is 15.0 Å². The highest BCUT2D eigenvalue weighted by molar-refractivity contribution is 14.1. The number of carbonyl (C=O) groups excluding carboxylic acids is 1. The Morgan fingerprint density at radius 3 is 2.38 bits per heavy atom. The number of phenolic OH excluding ortho intramolecular Hbond substituents is 2. The molecule has 0 heterocycles. The predicted octanol–water partition coefficient (Wildman–Crippen LogP) is 3.07. The topological polar surface area (TPSA) is 81.9 Å². The zero-order valence-electron chi connectivity index (χ0n) is 10.5. The van der Waals surface area contributed by atoms with Crippen LogP contribution in [0, 0.1) is 7.14 Å². The number of nitrogens with zero attached hydrogens (tertiary/aromatic N) is 1. The second-order valence-electron chi connectivity index (χ2n) is 4.05. The van der Waals surface area contributed by atoms with E-state index >= 15 is 0 Å². The van der Waals surface area contributed by atoms with Gasteiger partial charge in [-0.25, -0.2) is 5.43 Å². The van der Waals surface area contributed by atoms with Crippen molar-refractivity contribution in [3.05, 3.63) is 54.7 Å². The Balaban J connectivity index is 2.10. The molecule has 0 fully saturated rings. The molecule has 108 valence electrons. The number of rotatable bonds is 3. The van der Waals surface area contributed by atoms with Gasteiger partial charge in [0.05, 0.1) is 18.9 Å². The maximum absolute atomic E-state index is 11.8. The third kappa shape index (κ3) is 4.06. The number of phenols is 2. The van der Waals surface area contributed by atoms with Gasteiger partial charge in [-0.2, -0.15) is 5.10 Å². The van der Waals surface area contributed by atoms with Gasteiger partial charge in [-0.05, 0) is 75.0 Å². The van der Waals surface area contributed by atoms with E-state index in [1.807, 2.05) is 45.2 Å². The second-order valence-corrected chi connectivity index (χ2v) is 6.37. The fraction of sp³-hybridized carbons (Fsp3) is 0. The number of halogens is 2.